The van der Waals surface area contributed by atoms with Gasteiger partial charge in [-0.05, 0) is 23.7 Å². The molecule has 0 fully saturated rings. The molecule has 0 saturated heterocycles. The number of H-pyrrole nitrogens is 1. The Morgan fingerprint density at radius 1 is 0.780 bits per heavy atom. The summed E-state index contributed by atoms with van der Waals surface area (Å²) in [5.41, 5.74) is 17.7. The van der Waals surface area contributed by atoms with Gasteiger partial charge < -0.3 is 17.2 Å². The Morgan fingerprint density at radius 3 is 1.80 bits per heavy atom. The normalized spacial score (nSPS) is 9.49. The molecule has 0 aliphatic carbocycles. The van der Waals surface area contributed by atoms with Gasteiger partial charge in [0.05, 0.1) is 12.4 Å². The maximum atomic E-state index is 8.62. The molecule has 224 valence electrons. The van der Waals surface area contributed by atoms with Crippen molar-refractivity contribution < 1.29 is 0 Å². The van der Waals surface area contributed by atoms with Crippen LogP contribution >= 0.6 is 22.6 Å². The molecule has 0 radical (unpaired) electrons. The summed E-state index contributed by atoms with van der Waals surface area (Å²) < 4.78 is 4.76. The molecule has 0 spiro atoms. The zero-order valence-electron chi connectivity index (χ0n) is 24.6. The number of hydrogen-bond donors (Lipinski definition) is 4. The number of nitriles is 3. The van der Waals surface area contributed by atoms with Gasteiger partial charge in [-0.15, -0.1) is 0 Å². The number of nitrogens with two attached hydrogens (primary N) is 3. The van der Waals surface area contributed by atoms with Gasteiger partial charge in [-0.2, -0.15) is 31.1 Å². The fourth-order valence-electron chi connectivity index (χ4n) is 3.24. The smallest absolute Gasteiger partial charge is 0.163 e. The second-order valence-electron chi connectivity index (χ2n) is 9.05. The van der Waals surface area contributed by atoms with Crippen molar-refractivity contribution in [2.24, 2.45) is 0 Å². The molecule has 0 bridgehead atoms. The molecule has 0 unspecified atom stereocenters. The molecule has 13 heteroatoms. The Balaban J connectivity index is 0.000000539. The highest BCUT2D eigenvalue weighted by molar-refractivity contribution is 14.1. The zero-order valence-corrected chi connectivity index (χ0v) is 26.8. The fourth-order valence-corrected chi connectivity index (χ4v) is 3.78. The molecule has 7 N–H and O–H groups in total. The number of nitrogens with zero attached hydrogens (tertiary/aromatic N) is 8. The number of nitrogen functional groups attached to an aromatic ring is 3. The Labute approximate surface area is 258 Å². The first-order chi connectivity index (χ1) is 19.8. The first-order valence-corrected chi connectivity index (χ1v) is 15.5. The van der Waals surface area contributed by atoms with Gasteiger partial charge in [0.2, 0.25) is 0 Å². The van der Waals surface area contributed by atoms with E-state index >= 15 is 0 Å². The summed E-state index contributed by atoms with van der Waals surface area (Å²) in [6.45, 7) is 8.19. The molecular weight excluding hydrogens is 631 g/mol. The Hall–Kier alpha value is -3.77. The van der Waals surface area contributed by atoms with Crippen LogP contribution in [0.5, 0.6) is 0 Å². The molecule has 3 aromatic rings. The van der Waals surface area contributed by atoms with E-state index in [2.05, 4.69) is 63.8 Å². The monoisotopic (exact) mass is 676 g/mol. The van der Waals surface area contributed by atoms with Gasteiger partial charge in [0, 0.05) is 19.3 Å². The van der Waals surface area contributed by atoms with E-state index in [-0.39, 0.29) is 0 Å². The van der Waals surface area contributed by atoms with Crippen LogP contribution in [0, 0.1) is 34.0 Å². The molecule has 0 atom stereocenters. The molecule has 0 aromatic carbocycles. The van der Waals surface area contributed by atoms with Gasteiger partial charge in [0.25, 0.3) is 0 Å². The first kappa shape index (κ1) is 37.2. The lowest BCUT2D eigenvalue weighted by Crippen LogP contribution is -2.05. The molecule has 3 rings (SSSR count). The van der Waals surface area contributed by atoms with Gasteiger partial charge in [-0.25, -0.2) is 4.68 Å². The topological polar surface area (TPSA) is 214 Å². The van der Waals surface area contributed by atoms with Crippen molar-refractivity contribution in [3.05, 3.63) is 35.3 Å². The number of rotatable bonds is 12. The van der Waals surface area contributed by atoms with Crippen molar-refractivity contribution in [3.63, 3.8) is 0 Å². The summed E-state index contributed by atoms with van der Waals surface area (Å²) in [5.74, 6) is 1.14. The van der Waals surface area contributed by atoms with E-state index < -0.39 is 0 Å². The van der Waals surface area contributed by atoms with Gasteiger partial charge in [-0.1, -0.05) is 88.3 Å². The van der Waals surface area contributed by atoms with E-state index in [9.17, 15) is 0 Å². The van der Waals surface area contributed by atoms with Crippen LogP contribution in [0.2, 0.25) is 0 Å². The van der Waals surface area contributed by atoms with Gasteiger partial charge >= 0.3 is 0 Å². The van der Waals surface area contributed by atoms with Crippen molar-refractivity contribution in [2.45, 2.75) is 98.1 Å². The van der Waals surface area contributed by atoms with Crippen LogP contribution < -0.4 is 17.2 Å². The summed E-state index contributed by atoms with van der Waals surface area (Å²) in [5, 5.41) is 39.5. The average molecular weight is 677 g/mol. The number of aryl methyl sites for hydroxylation is 2. The van der Waals surface area contributed by atoms with Gasteiger partial charge in [-0.3, -0.25) is 9.78 Å². The number of anilines is 3. The molecule has 41 heavy (non-hydrogen) atoms. The average Bonchev–Trinajstić information content (AvgIpc) is 3.67. The number of unbranched alkanes of at least 4 members (excludes halogenated alkanes) is 7. The summed E-state index contributed by atoms with van der Waals surface area (Å²) in [6, 6.07) is 5.85. The quantitative estimate of drug-likeness (QED) is 0.102. The molecule has 12 nitrogen and oxygen atoms in total. The van der Waals surface area contributed by atoms with Crippen LogP contribution in [0.15, 0.2) is 18.6 Å². The van der Waals surface area contributed by atoms with Gasteiger partial charge in [0.1, 0.15) is 46.5 Å². The van der Waals surface area contributed by atoms with Crippen molar-refractivity contribution >= 4 is 40.0 Å². The van der Waals surface area contributed by atoms with E-state index in [0.717, 1.165) is 25.9 Å². The van der Waals surface area contributed by atoms with Gasteiger partial charge in [0.15, 0.2) is 5.82 Å². The molecule has 3 aromatic heterocycles. The lowest BCUT2D eigenvalue weighted by atomic mass is 10.2. The summed E-state index contributed by atoms with van der Waals surface area (Å²) >= 11 is 2.43. The molecule has 0 amide bonds. The predicted molar refractivity (Wildman–Crippen MR) is 173 cm³/mol. The zero-order chi connectivity index (χ0) is 30.9. The van der Waals surface area contributed by atoms with Crippen molar-refractivity contribution in [3.8, 4) is 18.2 Å². The summed E-state index contributed by atoms with van der Waals surface area (Å²) in [4.78, 5) is 0. The van der Waals surface area contributed by atoms with Crippen LogP contribution in [0.3, 0.4) is 0 Å². The Kier molecular flexibility index (Phi) is 21.8. The third-order valence-electron chi connectivity index (χ3n) is 5.65. The second-order valence-corrected chi connectivity index (χ2v) is 10.1. The second kappa shape index (κ2) is 24.1. The SMILES string of the molecule is CCCCCCI.CCCCCn1cc(C#N)c(N)n1.CCCCCn1ncc(C#N)c1N.N#Cc1cn[nH]c1N. The number of nitrogens with one attached hydrogen (secondary N) is 1. The van der Waals surface area contributed by atoms with E-state index in [1.165, 1.54) is 68.2 Å². The Morgan fingerprint density at radius 2 is 1.37 bits per heavy atom. The maximum absolute atomic E-state index is 8.62. The third-order valence-corrected chi connectivity index (χ3v) is 6.41. The highest BCUT2D eigenvalue weighted by Crippen LogP contribution is 2.10. The number of alkyl halides is 1. The standard InChI is InChI=1S/2C9H14N4.C6H13I.C4H4N4/c1-2-3-4-5-13-7-8(6-10)9(11)12-13;1-2-3-4-5-13-9(11)8(6-10)7-12-13;1-2-3-4-5-6-7;5-1-3-2-7-8-4(3)6/h7H,2-5H2,1H3,(H2,11,12);7H,2-5,11H2,1H3;2-6H2,1H3;2H,(H3,6,7,8). The van der Waals surface area contributed by atoms with Crippen LogP contribution in [0.4, 0.5) is 17.5 Å². The van der Waals surface area contributed by atoms with Crippen LogP contribution in [0.25, 0.3) is 0 Å². The fraction of sp³-hybridized carbons (Fsp3) is 0.571. The maximum Gasteiger partial charge on any atom is 0.163 e. The van der Waals surface area contributed by atoms with E-state index in [1.54, 1.807) is 15.6 Å². The predicted octanol–water partition coefficient (Wildman–Crippen LogP) is 5.92. The lowest BCUT2D eigenvalue weighted by molar-refractivity contribution is 0.555. The molecule has 0 aliphatic rings. The minimum absolute atomic E-state index is 0.326. The number of halogens is 1. The minimum Gasteiger partial charge on any atom is -0.383 e. The minimum atomic E-state index is 0.326. The van der Waals surface area contributed by atoms with E-state index in [1.807, 2.05) is 18.2 Å². The number of aromatic amines is 1. The van der Waals surface area contributed by atoms with Crippen molar-refractivity contribution in [1.82, 2.24) is 29.8 Å². The van der Waals surface area contributed by atoms with Crippen LogP contribution in [0.1, 0.15) is 102 Å². The van der Waals surface area contributed by atoms with Crippen LogP contribution in [-0.2, 0) is 13.1 Å². The van der Waals surface area contributed by atoms with Crippen molar-refractivity contribution in [2.75, 3.05) is 21.6 Å². The lowest BCUT2D eigenvalue weighted by Gasteiger charge is -2.02. The Bertz CT molecular complexity index is 1190. The van der Waals surface area contributed by atoms with Crippen molar-refractivity contribution in [1.29, 1.82) is 15.8 Å². The highest BCUT2D eigenvalue weighted by Gasteiger charge is 2.05. The largest absolute Gasteiger partial charge is 0.383 e. The molecular formula is C28H45IN12. The summed E-state index contributed by atoms with van der Waals surface area (Å²) in [6.07, 6.45) is 17.1. The number of aromatic nitrogens is 6. The summed E-state index contributed by atoms with van der Waals surface area (Å²) in [7, 11) is 0. The molecule has 0 aliphatic heterocycles. The first-order valence-electron chi connectivity index (χ1n) is 14.0. The third kappa shape index (κ3) is 16.2. The van der Waals surface area contributed by atoms with E-state index in [0.29, 0.717) is 34.1 Å². The number of hydrogen-bond acceptors (Lipinski definition) is 9. The van der Waals surface area contributed by atoms with Crippen LogP contribution in [-0.4, -0.2) is 34.2 Å². The van der Waals surface area contributed by atoms with E-state index in [4.69, 9.17) is 33.0 Å². The molecule has 3 heterocycles. The molecule has 0 saturated carbocycles. The highest BCUT2D eigenvalue weighted by atomic mass is 127.